The van der Waals surface area contributed by atoms with Gasteiger partial charge < -0.3 is 10.8 Å². The highest BCUT2D eigenvalue weighted by atomic mass is 16.3. The first kappa shape index (κ1) is 12.6. The number of nitrogens with two attached hydrogens (primary N) is 1. The van der Waals surface area contributed by atoms with Crippen LogP contribution in [0.5, 0.6) is 0 Å². The van der Waals surface area contributed by atoms with Crippen molar-refractivity contribution in [2.75, 3.05) is 26.2 Å². The molecule has 0 aromatic heterocycles. The molecule has 2 rings (SSSR count). The van der Waals surface area contributed by atoms with Crippen molar-refractivity contribution < 1.29 is 5.11 Å². The third-order valence-electron chi connectivity index (χ3n) is 3.55. The number of benzene rings is 1. The van der Waals surface area contributed by atoms with E-state index in [0.717, 1.165) is 13.1 Å². The Morgan fingerprint density at radius 1 is 1.41 bits per heavy atom. The van der Waals surface area contributed by atoms with Crippen LogP contribution in [-0.2, 0) is 0 Å². The van der Waals surface area contributed by atoms with Crippen molar-refractivity contribution in [2.45, 2.75) is 24.9 Å². The van der Waals surface area contributed by atoms with Crippen molar-refractivity contribution in [3.05, 3.63) is 35.9 Å². The summed E-state index contributed by atoms with van der Waals surface area (Å²) in [7, 11) is 0. The van der Waals surface area contributed by atoms with Gasteiger partial charge >= 0.3 is 0 Å². The van der Waals surface area contributed by atoms with E-state index in [1.165, 1.54) is 12.0 Å². The first-order valence-electron chi connectivity index (χ1n) is 6.30. The number of hydrogen-bond donors (Lipinski definition) is 2. The van der Waals surface area contributed by atoms with Crippen LogP contribution in [0.1, 0.15) is 24.8 Å². The lowest BCUT2D eigenvalue weighted by molar-refractivity contribution is 0.0342. The number of likely N-dealkylation sites (tertiary alicyclic amines) is 1. The van der Waals surface area contributed by atoms with E-state index in [2.05, 4.69) is 35.2 Å². The highest BCUT2D eigenvalue weighted by molar-refractivity contribution is 5.21. The Labute approximate surface area is 103 Å². The van der Waals surface area contributed by atoms with Crippen LogP contribution in [0.15, 0.2) is 30.3 Å². The molecule has 1 saturated heterocycles. The molecule has 0 aliphatic carbocycles. The molecule has 2 atom stereocenters. The number of β-amino-alcohol motifs (C(OH)–C–C–N with tert-alkyl or cyclic N) is 1. The van der Waals surface area contributed by atoms with Gasteiger partial charge in [0.15, 0.2) is 0 Å². The third kappa shape index (κ3) is 3.28. The molecule has 94 valence electrons. The summed E-state index contributed by atoms with van der Waals surface area (Å²) in [5.41, 5.74) is 6.20. The lowest BCUT2D eigenvalue weighted by atomic mass is 9.99. The fourth-order valence-electron chi connectivity index (χ4n) is 2.52. The predicted molar refractivity (Wildman–Crippen MR) is 69.9 cm³/mol. The summed E-state index contributed by atoms with van der Waals surface area (Å²) in [5, 5.41) is 9.97. The summed E-state index contributed by atoms with van der Waals surface area (Å²) in [6, 6.07) is 10.6. The molecule has 1 aromatic rings. The SMILES string of the molecule is CC(O)(CN)CN1CCC(c2ccccc2)C1. The molecule has 17 heavy (non-hydrogen) atoms. The Balaban J connectivity index is 1.92. The lowest BCUT2D eigenvalue weighted by Gasteiger charge is -2.27. The molecule has 0 spiro atoms. The molecule has 0 radical (unpaired) electrons. The van der Waals surface area contributed by atoms with Gasteiger partial charge in [0.05, 0.1) is 5.60 Å². The van der Waals surface area contributed by atoms with Gasteiger partial charge in [0, 0.05) is 19.6 Å². The van der Waals surface area contributed by atoms with Crippen molar-refractivity contribution in [3.8, 4) is 0 Å². The average molecular weight is 234 g/mol. The Kier molecular flexibility index (Phi) is 3.82. The molecule has 1 aromatic carbocycles. The number of aliphatic hydroxyl groups is 1. The Morgan fingerprint density at radius 3 is 2.76 bits per heavy atom. The van der Waals surface area contributed by atoms with E-state index in [4.69, 9.17) is 5.73 Å². The van der Waals surface area contributed by atoms with Crippen molar-refractivity contribution in [2.24, 2.45) is 5.73 Å². The minimum Gasteiger partial charge on any atom is -0.388 e. The Bertz CT molecular complexity index is 350. The van der Waals surface area contributed by atoms with Gasteiger partial charge in [-0.3, -0.25) is 4.90 Å². The smallest absolute Gasteiger partial charge is 0.0867 e. The molecule has 0 amide bonds. The van der Waals surface area contributed by atoms with E-state index in [1.807, 2.05) is 6.92 Å². The highest BCUT2D eigenvalue weighted by Gasteiger charge is 2.29. The second-order valence-electron chi connectivity index (χ2n) is 5.33. The maximum atomic E-state index is 9.97. The summed E-state index contributed by atoms with van der Waals surface area (Å²) in [6.07, 6.45) is 1.17. The molecular weight excluding hydrogens is 212 g/mol. The van der Waals surface area contributed by atoms with Gasteiger partial charge in [-0.15, -0.1) is 0 Å². The second-order valence-corrected chi connectivity index (χ2v) is 5.33. The van der Waals surface area contributed by atoms with Gasteiger partial charge in [-0.05, 0) is 31.4 Å². The van der Waals surface area contributed by atoms with E-state index >= 15 is 0 Å². The Hall–Kier alpha value is -0.900. The molecule has 0 saturated carbocycles. The van der Waals surface area contributed by atoms with Crippen LogP contribution in [0, 0.1) is 0 Å². The topological polar surface area (TPSA) is 49.5 Å². The molecule has 1 aliphatic rings. The summed E-state index contributed by atoms with van der Waals surface area (Å²) < 4.78 is 0. The highest BCUT2D eigenvalue weighted by Crippen LogP contribution is 2.27. The van der Waals surface area contributed by atoms with Crippen LogP contribution < -0.4 is 5.73 Å². The zero-order chi connectivity index (χ0) is 12.3. The molecule has 1 fully saturated rings. The average Bonchev–Trinajstić information content (AvgIpc) is 2.78. The van der Waals surface area contributed by atoms with E-state index < -0.39 is 5.60 Å². The van der Waals surface area contributed by atoms with Gasteiger partial charge in [-0.2, -0.15) is 0 Å². The summed E-state index contributed by atoms with van der Waals surface area (Å²) in [6.45, 7) is 4.88. The van der Waals surface area contributed by atoms with Gasteiger partial charge in [0.25, 0.3) is 0 Å². The minimum absolute atomic E-state index is 0.319. The summed E-state index contributed by atoms with van der Waals surface area (Å²) in [5.74, 6) is 0.602. The fourth-order valence-corrected chi connectivity index (χ4v) is 2.52. The third-order valence-corrected chi connectivity index (χ3v) is 3.55. The monoisotopic (exact) mass is 234 g/mol. The zero-order valence-corrected chi connectivity index (χ0v) is 10.5. The molecule has 0 bridgehead atoms. The van der Waals surface area contributed by atoms with E-state index in [1.54, 1.807) is 0 Å². The van der Waals surface area contributed by atoms with Crippen molar-refractivity contribution in [3.63, 3.8) is 0 Å². The van der Waals surface area contributed by atoms with Crippen LogP contribution in [0.4, 0.5) is 0 Å². The van der Waals surface area contributed by atoms with Gasteiger partial charge in [0.1, 0.15) is 0 Å². The normalized spacial score (nSPS) is 24.8. The molecular formula is C14H22N2O. The number of nitrogens with zero attached hydrogens (tertiary/aromatic N) is 1. The van der Waals surface area contributed by atoms with Crippen LogP contribution in [-0.4, -0.2) is 41.8 Å². The molecule has 3 heteroatoms. The molecule has 3 N–H and O–H groups in total. The maximum Gasteiger partial charge on any atom is 0.0867 e. The summed E-state index contributed by atoms with van der Waals surface area (Å²) >= 11 is 0. The first-order chi connectivity index (χ1) is 8.11. The fraction of sp³-hybridized carbons (Fsp3) is 0.571. The maximum absolute atomic E-state index is 9.97. The first-order valence-corrected chi connectivity index (χ1v) is 6.30. The predicted octanol–water partition coefficient (Wildman–Crippen LogP) is 1.19. The molecule has 1 heterocycles. The number of rotatable bonds is 4. The minimum atomic E-state index is -0.758. The second kappa shape index (κ2) is 5.17. The lowest BCUT2D eigenvalue weighted by Crippen LogP contribution is -2.45. The van der Waals surface area contributed by atoms with Crippen LogP contribution in [0.2, 0.25) is 0 Å². The van der Waals surface area contributed by atoms with Crippen molar-refractivity contribution >= 4 is 0 Å². The van der Waals surface area contributed by atoms with Crippen LogP contribution >= 0.6 is 0 Å². The van der Waals surface area contributed by atoms with Crippen molar-refractivity contribution in [1.82, 2.24) is 4.90 Å². The van der Waals surface area contributed by atoms with E-state index in [9.17, 15) is 5.11 Å². The van der Waals surface area contributed by atoms with Gasteiger partial charge in [0.2, 0.25) is 0 Å². The van der Waals surface area contributed by atoms with Crippen LogP contribution in [0.3, 0.4) is 0 Å². The largest absolute Gasteiger partial charge is 0.388 e. The standard InChI is InChI=1S/C14H22N2O/c1-14(17,10-15)11-16-8-7-13(9-16)12-5-3-2-4-6-12/h2-6,13,17H,7-11,15H2,1H3. The van der Waals surface area contributed by atoms with Gasteiger partial charge in [-0.25, -0.2) is 0 Å². The molecule has 2 unspecified atom stereocenters. The van der Waals surface area contributed by atoms with E-state index in [0.29, 0.717) is 19.0 Å². The van der Waals surface area contributed by atoms with E-state index in [-0.39, 0.29) is 0 Å². The molecule has 1 aliphatic heterocycles. The van der Waals surface area contributed by atoms with Crippen molar-refractivity contribution in [1.29, 1.82) is 0 Å². The quantitative estimate of drug-likeness (QED) is 0.822. The molecule has 3 nitrogen and oxygen atoms in total. The summed E-state index contributed by atoms with van der Waals surface area (Å²) in [4.78, 5) is 2.31. The van der Waals surface area contributed by atoms with Gasteiger partial charge in [-0.1, -0.05) is 30.3 Å². The van der Waals surface area contributed by atoms with Crippen LogP contribution in [0.25, 0.3) is 0 Å². The zero-order valence-electron chi connectivity index (χ0n) is 10.5. The Morgan fingerprint density at radius 2 is 2.12 bits per heavy atom. The number of hydrogen-bond acceptors (Lipinski definition) is 3.